The third-order valence-electron chi connectivity index (χ3n) is 2.40. The van der Waals surface area contributed by atoms with E-state index in [1.807, 2.05) is 13.0 Å². The van der Waals surface area contributed by atoms with E-state index in [2.05, 4.69) is 10.4 Å². The van der Waals surface area contributed by atoms with Crippen molar-refractivity contribution in [1.82, 2.24) is 4.98 Å². The highest BCUT2D eigenvalue weighted by Crippen LogP contribution is 2.32. The van der Waals surface area contributed by atoms with Gasteiger partial charge in [0.1, 0.15) is 0 Å². The summed E-state index contributed by atoms with van der Waals surface area (Å²) in [6.45, 7) is 2.03. The van der Waals surface area contributed by atoms with E-state index < -0.39 is 0 Å². The predicted molar refractivity (Wildman–Crippen MR) is 69.0 cm³/mol. The van der Waals surface area contributed by atoms with Crippen molar-refractivity contribution >= 4 is 39.8 Å². The number of hydrazine groups is 1. The summed E-state index contributed by atoms with van der Waals surface area (Å²) in [4.78, 5) is 4.46. The van der Waals surface area contributed by atoms with Crippen LogP contribution >= 0.6 is 23.2 Å². The molecular formula is C11H11Cl2N3. The van der Waals surface area contributed by atoms with E-state index in [9.17, 15) is 0 Å². The number of anilines is 1. The fraction of sp³-hybridized carbons (Fsp3) is 0.182. The third-order valence-corrected chi connectivity index (χ3v) is 2.91. The molecule has 5 heteroatoms. The number of rotatable bonds is 2. The van der Waals surface area contributed by atoms with Crippen molar-refractivity contribution in [1.29, 1.82) is 0 Å². The molecule has 0 fully saturated rings. The molecule has 0 aliphatic carbocycles. The number of hydrogen-bond acceptors (Lipinski definition) is 3. The maximum Gasteiger partial charge on any atom is 0.0756 e. The lowest BCUT2D eigenvalue weighted by molar-refractivity contribution is 1.06. The van der Waals surface area contributed by atoms with Crippen molar-refractivity contribution in [2.24, 2.45) is 5.84 Å². The monoisotopic (exact) mass is 255 g/mol. The van der Waals surface area contributed by atoms with E-state index in [4.69, 9.17) is 29.0 Å². The Hall–Kier alpha value is -1.03. The van der Waals surface area contributed by atoms with Gasteiger partial charge in [-0.1, -0.05) is 30.1 Å². The summed E-state index contributed by atoms with van der Waals surface area (Å²) in [6.07, 6.45) is 0.828. The maximum absolute atomic E-state index is 6.12. The van der Waals surface area contributed by atoms with Gasteiger partial charge >= 0.3 is 0 Å². The van der Waals surface area contributed by atoms with Crippen LogP contribution in [-0.2, 0) is 6.42 Å². The zero-order valence-corrected chi connectivity index (χ0v) is 10.2. The van der Waals surface area contributed by atoms with Gasteiger partial charge in [0.2, 0.25) is 0 Å². The summed E-state index contributed by atoms with van der Waals surface area (Å²) < 4.78 is 0. The molecular weight excluding hydrogens is 245 g/mol. The SMILES string of the molecule is CCc1cc(NN)c2c(Cl)cc(Cl)cc2n1. The van der Waals surface area contributed by atoms with Crippen molar-refractivity contribution in [2.75, 3.05) is 5.43 Å². The number of aromatic nitrogens is 1. The molecule has 1 aromatic heterocycles. The van der Waals surface area contributed by atoms with E-state index in [1.165, 1.54) is 0 Å². The second-order valence-electron chi connectivity index (χ2n) is 3.44. The second-order valence-corrected chi connectivity index (χ2v) is 4.28. The molecule has 0 unspecified atom stereocenters. The summed E-state index contributed by atoms with van der Waals surface area (Å²) in [5, 5.41) is 1.91. The van der Waals surface area contributed by atoms with Crippen molar-refractivity contribution in [3.63, 3.8) is 0 Å². The number of nitrogens with two attached hydrogens (primary N) is 1. The van der Waals surface area contributed by atoms with Crippen LogP contribution in [-0.4, -0.2) is 4.98 Å². The van der Waals surface area contributed by atoms with Crippen LogP contribution in [0.1, 0.15) is 12.6 Å². The molecule has 0 aliphatic rings. The van der Waals surface area contributed by atoms with E-state index in [-0.39, 0.29) is 0 Å². The second kappa shape index (κ2) is 4.45. The van der Waals surface area contributed by atoms with Gasteiger partial charge in [0.05, 0.1) is 16.2 Å². The molecule has 0 radical (unpaired) electrons. The van der Waals surface area contributed by atoms with Gasteiger partial charge in [-0.15, -0.1) is 0 Å². The van der Waals surface area contributed by atoms with Crippen molar-refractivity contribution < 1.29 is 0 Å². The standard InChI is InChI=1S/C11H11Cl2N3/c1-2-7-5-10(16-14)11-8(13)3-6(12)4-9(11)15-7/h3-5H,2,14H2,1H3,(H,15,16). The van der Waals surface area contributed by atoms with Crippen LogP contribution in [0.2, 0.25) is 10.0 Å². The average molecular weight is 256 g/mol. The van der Waals surface area contributed by atoms with Gasteiger partial charge in [0.25, 0.3) is 0 Å². The minimum atomic E-state index is 0.547. The van der Waals surface area contributed by atoms with Crippen LogP contribution in [0, 0.1) is 0 Å². The smallest absolute Gasteiger partial charge is 0.0756 e. The Morgan fingerprint density at radius 1 is 1.31 bits per heavy atom. The highest BCUT2D eigenvalue weighted by molar-refractivity contribution is 6.39. The first-order chi connectivity index (χ1) is 7.65. The van der Waals surface area contributed by atoms with Gasteiger partial charge in [0.15, 0.2) is 0 Å². The van der Waals surface area contributed by atoms with Crippen LogP contribution in [0.3, 0.4) is 0 Å². The van der Waals surface area contributed by atoms with Crippen molar-refractivity contribution in [3.8, 4) is 0 Å². The van der Waals surface area contributed by atoms with Crippen LogP contribution in [0.4, 0.5) is 5.69 Å². The van der Waals surface area contributed by atoms with E-state index >= 15 is 0 Å². The Kier molecular flexibility index (Phi) is 3.19. The zero-order chi connectivity index (χ0) is 11.7. The van der Waals surface area contributed by atoms with E-state index in [0.717, 1.165) is 28.7 Å². The number of aryl methyl sites for hydroxylation is 1. The molecule has 0 spiro atoms. The molecule has 1 heterocycles. The first-order valence-corrected chi connectivity index (χ1v) is 5.66. The molecule has 2 aromatic rings. The van der Waals surface area contributed by atoms with Gasteiger partial charge in [-0.05, 0) is 24.6 Å². The number of nitrogens with zero attached hydrogens (tertiary/aromatic N) is 1. The van der Waals surface area contributed by atoms with Gasteiger partial charge < -0.3 is 5.43 Å². The zero-order valence-electron chi connectivity index (χ0n) is 8.72. The number of hydrogen-bond donors (Lipinski definition) is 2. The van der Waals surface area contributed by atoms with Crippen LogP contribution in [0.5, 0.6) is 0 Å². The largest absolute Gasteiger partial charge is 0.323 e. The fourth-order valence-corrected chi connectivity index (χ4v) is 2.22. The van der Waals surface area contributed by atoms with E-state index in [0.29, 0.717) is 10.0 Å². The Bertz CT molecular complexity index is 540. The molecule has 3 nitrogen and oxygen atoms in total. The Labute approximate surface area is 104 Å². The lowest BCUT2D eigenvalue weighted by atomic mass is 10.1. The van der Waals surface area contributed by atoms with Gasteiger partial charge in [0, 0.05) is 16.1 Å². The van der Waals surface area contributed by atoms with Crippen LogP contribution in [0.25, 0.3) is 10.9 Å². The Morgan fingerprint density at radius 3 is 2.69 bits per heavy atom. The average Bonchev–Trinajstić information content (AvgIpc) is 2.26. The summed E-state index contributed by atoms with van der Waals surface area (Å²) in [6, 6.07) is 5.35. The minimum absolute atomic E-state index is 0.547. The van der Waals surface area contributed by atoms with Crippen molar-refractivity contribution in [3.05, 3.63) is 33.9 Å². The molecule has 0 aliphatic heterocycles. The molecule has 84 valence electrons. The number of nitrogen functional groups attached to an aromatic ring is 1. The molecule has 16 heavy (non-hydrogen) atoms. The molecule has 0 amide bonds. The normalized spacial score (nSPS) is 10.8. The highest BCUT2D eigenvalue weighted by Gasteiger charge is 2.09. The minimum Gasteiger partial charge on any atom is -0.323 e. The summed E-state index contributed by atoms with van der Waals surface area (Å²) in [5.41, 5.74) is 5.10. The summed E-state index contributed by atoms with van der Waals surface area (Å²) in [7, 11) is 0. The quantitative estimate of drug-likeness (QED) is 0.639. The number of fused-ring (bicyclic) bond motifs is 1. The number of benzene rings is 1. The van der Waals surface area contributed by atoms with Gasteiger partial charge in [-0.2, -0.15) is 0 Å². The predicted octanol–water partition coefficient (Wildman–Crippen LogP) is 3.39. The molecule has 2 rings (SSSR count). The molecule has 1 aromatic carbocycles. The number of nitrogens with one attached hydrogen (secondary N) is 1. The number of halogens is 2. The molecule has 0 bridgehead atoms. The molecule has 0 atom stereocenters. The summed E-state index contributed by atoms with van der Waals surface area (Å²) in [5.74, 6) is 5.48. The Balaban J connectivity index is 2.83. The fourth-order valence-electron chi connectivity index (χ4n) is 1.64. The number of pyridine rings is 1. The molecule has 0 saturated heterocycles. The maximum atomic E-state index is 6.12. The van der Waals surface area contributed by atoms with Crippen LogP contribution < -0.4 is 11.3 Å². The van der Waals surface area contributed by atoms with Crippen molar-refractivity contribution in [2.45, 2.75) is 13.3 Å². The highest BCUT2D eigenvalue weighted by atomic mass is 35.5. The lowest BCUT2D eigenvalue weighted by Crippen LogP contribution is -2.08. The summed E-state index contributed by atoms with van der Waals surface area (Å²) >= 11 is 12.1. The third kappa shape index (κ3) is 1.94. The first-order valence-electron chi connectivity index (χ1n) is 4.91. The first kappa shape index (κ1) is 11.5. The lowest BCUT2D eigenvalue weighted by Gasteiger charge is -2.09. The van der Waals surface area contributed by atoms with Gasteiger partial charge in [-0.25, -0.2) is 0 Å². The van der Waals surface area contributed by atoms with E-state index in [1.54, 1.807) is 12.1 Å². The molecule has 3 N–H and O–H groups in total. The Morgan fingerprint density at radius 2 is 2.06 bits per heavy atom. The topological polar surface area (TPSA) is 50.9 Å². The molecule has 0 saturated carbocycles. The van der Waals surface area contributed by atoms with Crippen LogP contribution in [0.15, 0.2) is 18.2 Å². The van der Waals surface area contributed by atoms with Gasteiger partial charge in [-0.3, -0.25) is 10.8 Å².